The maximum atomic E-state index is 8.37. The van der Waals surface area contributed by atoms with Crippen molar-refractivity contribution in [3.8, 4) is 28.2 Å². The first-order valence-electron chi connectivity index (χ1n) is 17.5. The Balaban J connectivity index is 1.60. The van der Waals surface area contributed by atoms with Crippen LogP contribution >= 0.6 is 0 Å². The second kappa shape index (κ2) is 10.0. The van der Waals surface area contributed by atoms with Gasteiger partial charge in [0, 0.05) is 19.0 Å². The van der Waals surface area contributed by atoms with Gasteiger partial charge < -0.3 is 4.42 Å². The Kier molecular flexibility index (Phi) is 4.84. The lowest BCUT2D eigenvalue weighted by Gasteiger charge is -2.24. The number of imidazole rings is 1. The van der Waals surface area contributed by atoms with Crippen molar-refractivity contribution in [1.82, 2.24) is 9.55 Å². The van der Waals surface area contributed by atoms with Crippen LogP contribution in [0.15, 0.2) is 101 Å². The highest BCUT2D eigenvalue weighted by Gasteiger charge is 2.25. The summed E-state index contributed by atoms with van der Waals surface area (Å²) in [6, 6.07) is 31.0. The molecule has 0 radical (unpaired) electrons. The molecule has 7 rings (SSSR count). The summed E-state index contributed by atoms with van der Waals surface area (Å²) in [6.45, 7) is 4.01. The number of hydrogen-bond donors (Lipinski definition) is 0. The third-order valence-electron chi connectivity index (χ3n) is 8.17. The van der Waals surface area contributed by atoms with Crippen LogP contribution < -0.4 is 0 Å². The van der Waals surface area contributed by atoms with Crippen LogP contribution in [0.1, 0.15) is 70.0 Å². The summed E-state index contributed by atoms with van der Waals surface area (Å²) in [7, 11) is 0. The van der Waals surface area contributed by atoms with Gasteiger partial charge in [-0.2, -0.15) is 0 Å². The fourth-order valence-electron chi connectivity index (χ4n) is 6.10. The third-order valence-corrected chi connectivity index (χ3v) is 8.17. The number of benzene rings is 5. The van der Waals surface area contributed by atoms with Crippen LogP contribution in [-0.2, 0) is 0 Å². The highest BCUT2D eigenvalue weighted by Crippen LogP contribution is 2.43. The van der Waals surface area contributed by atoms with Crippen LogP contribution in [0.4, 0.5) is 0 Å². The summed E-state index contributed by atoms with van der Waals surface area (Å²) in [6.07, 6.45) is 0. The average molecular weight is 555 g/mol. The van der Waals surface area contributed by atoms with Crippen LogP contribution in [0.2, 0.25) is 0 Å². The number of aromatic nitrogens is 2. The largest absolute Gasteiger partial charge is 0.455 e. The van der Waals surface area contributed by atoms with Gasteiger partial charge in [-0.05, 0) is 95.3 Å². The van der Waals surface area contributed by atoms with Crippen molar-refractivity contribution in [2.45, 2.75) is 53.2 Å². The Hall–Kier alpha value is -4.63. The highest BCUT2D eigenvalue weighted by atomic mass is 16.3. The summed E-state index contributed by atoms with van der Waals surface area (Å²) < 4.78 is 57.6. The van der Waals surface area contributed by atoms with Gasteiger partial charge in [-0.15, -0.1) is 0 Å². The molecular formula is C39H36N2O. The quantitative estimate of drug-likeness (QED) is 0.212. The van der Waals surface area contributed by atoms with E-state index in [1.165, 1.54) is 12.1 Å². The molecule has 0 bridgehead atoms. The number of nitrogens with zero attached hydrogens (tertiary/aromatic N) is 2. The molecule has 2 heterocycles. The Bertz CT molecular complexity index is 2300. The summed E-state index contributed by atoms with van der Waals surface area (Å²) in [4.78, 5) is 5.18. The van der Waals surface area contributed by atoms with Crippen molar-refractivity contribution in [2.75, 3.05) is 0 Å². The molecule has 0 aliphatic rings. The first-order valence-corrected chi connectivity index (χ1v) is 14.5. The second-order valence-electron chi connectivity index (χ2n) is 11.6. The Morgan fingerprint density at radius 3 is 2.19 bits per heavy atom. The molecule has 0 amide bonds. The average Bonchev–Trinajstić information content (AvgIpc) is 3.61. The molecule has 0 fully saturated rings. The molecular weight excluding hydrogens is 512 g/mol. The van der Waals surface area contributed by atoms with E-state index in [0.29, 0.717) is 33.3 Å². The lowest BCUT2D eigenvalue weighted by atomic mass is 9.88. The number of para-hydroxylation sites is 2. The van der Waals surface area contributed by atoms with Gasteiger partial charge in [0.1, 0.15) is 17.0 Å². The van der Waals surface area contributed by atoms with E-state index in [2.05, 4.69) is 74.7 Å². The van der Waals surface area contributed by atoms with Gasteiger partial charge in [-0.1, -0.05) is 88.4 Å². The molecule has 0 aliphatic carbocycles. The summed E-state index contributed by atoms with van der Waals surface area (Å²) in [5, 5.41) is 0.984. The van der Waals surface area contributed by atoms with E-state index in [9.17, 15) is 0 Å². The molecule has 0 saturated heterocycles. The number of fused-ring (bicyclic) bond motifs is 4. The minimum Gasteiger partial charge on any atom is -0.455 e. The van der Waals surface area contributed by atoms with E-state index in [1.807, 2.05) is 24.3 Å². The number of hydrogen-bond acceptors (Lipinski definition) is 2. The van der Waals surface area contributed by atoms with Gasteiger partial charge in [0.25, 0.3) is 0 Å². The third kappa shape index (κ3) is 4.15. The zero-order valence-corrected chi connectivity index (χ0v) is 24.2. The van der Waals surface area contributed by atoms with Crippen molar-refractivity contribution in [3.05, 3.63) is 119 Å². The van der Waals surface area contributed by atoms with Gasteiger partial charge in [0.05, 0.1) is 22.3 Å². The van der Waals surface area contributed by atoms with E-state index < -0.39 is 13.7 Å². The van der Waals surface area contributed by atoms with Crippen LogP contribution in [0.3, 0.4) is 0 Å². The second-order valence-corrected chi connectivity index (χ2v) is 11.6. The maximum absolute atomic E-state index is 8.37. The molecule has 3 heteroatoms. The fraction of sp³-hybridized carbons (Fsp3) is 0.205. The van der Waals surface area contributed by atoms with E-state index in [4.69, 9.17) is 17.6 Å². The molecule has 3 nitrogen and oxygen atoms in total. The zero-order chi connectivity index (χ0) is 34.1. The minimum absolute atomic E-state index is 0.125. The molecule has 0 unspecified atom stereocenters. The monoisotopic (exact) mass is 554 g/mol. The van der Waals surface area contributed by atoms with E-state index >= 15 is 0 Å². The predicted molar refractivity (Wildman–Crippen MR) is 177 cm³/mol. The maximum Gasteiger partial charge on any atom is 0.149 e. The standard InChI is InChI=1S/C39H36N2O/c1-23(2)31-21-28(27-12-8-7-9-13-27)22-32(24(3)4)37(31)41-34-15-11-10-14-33(34)40-39(41)30-19-17-26(6)36-29-18-16-25(5)20-35(29)42-38(30)36/h7-24H,1-6H3/i5D3,6D3. The number of furan rings is 1. The smallest absolute Gasteiger partial charge is 0.149 e. The van der Waals surface area contributed by atoms with E-state index in [-0.39, 0.29) is 23.0 Å². The number of rotatable bonds is 5. The van der Waals surface area contributed by atoms with Crippen LogP contribution in [0.25, 0.3) is 61.2 Å². The molecule has 2 aromatic heterocycles. The van der Waals surface area contributed by atoms with Crippen LogP contribution in [-0.4, -0.2) is 9.55 Å². The minimum atomic E-state index is -2.43. The molecule has 7 aromatic rings. The SMILES string of the molecule is [2H]C([2H])([2H])c1ccc2c(c1)oc1c(-c3nc4ccccc4n3-c3c(C(C)C)cc(-c4ccccc4)cc3C(C)C)ccc(C([2H])([2H])[2H])c12. The molecule has 0 spiro atoms. The van der Waals surface area contributed by atoms with Gasteiger partial charge in [0.15, 0.2) is 0 Å². The first kappa shape index (κ1) is 20.3. The van der Waals surface area contributed by atoms with Crippen LogP contribution in [0, 0.1) is 13.7 Å². The summed E-state index contributed by atoms with van der Waals surface area (Å²) in [5.41, 5.74) is 8.91. The topological polar surface area (TPSA) is 31.0 Å². The van der Waals surface area contributed by atoms with Crippen molar-refractivity contribution >= 4 is 33.0 Å². The summed E-state index contributed by atoms with van der Waals surface area (Å²) in [5.74, 6) is 0.944. The highest BCUT2D eigenvalue weighted by molar-refractivity contribution is 6.11. The predicted octanol–water partition coefficient (Wildman–Crippen LogP) is 11.1. The Labute approximate surface area is 255 Å². The zero-order valence-electron chi connectivity index (χ0n) is 30.2. The van der Waals surface area contributed by atoms with Crippen LogP contribution in [0.5, 0.6) is 0 Å². The molecule has 0 N–H and O–H groups in total. The normalized spacial score (nSPS) is 14.7. The number of aryl methyl sites for hydroxylation is 2. The Morgan fingerprint density at radius 2 is 1.48 bits per heavy atom. The molecule has 5 aromatic carbocycles. The van der Waals surface area contributed by atoms with E-state index in [0.717, 1.165) is 39.0 Å². The van der Waals surface area contributed by atoms with Crippen molar-refractivity contribution in [2.24, 2.45) is 0 Å². The lowest BCUT2D eigenvalue weighted by Crippen LogP contribution is -2.09. The Morgan fingerprint density at radius 1 is 0.738 bits per heavy atom. The molecule has 0 aliphatic heterocycles. The molecule has 0 atom stereocenters. The van der Waals surface area contributed by atoms with E-state index in [1.54, 1.807) is 18.2 Å². The molecule has 0 saturated carbocycles. The van der Waals surface area contributed by atoms with Crippen molar-refractivity contribution < 1.29 is 12.6 Å². The van der Waals surface area contributed by atoms with Gasteiger partial charge in [-0.3, -0.25) is 4.57 Å². The molecule has 42 heavy (non-hydrogen) atoms. The van der Waals surface area contributed by atoms with Gasteiger partial charge in [0.2, 0.25) is 0 Å². The summed E-state index contributed by atoms with van der Waals surface area (Å²) >= 11 is 0. The van der Waals surface area contributed by atoms with Gasteiger partial charge in [-0.25, -0.2) is 4.98 Å². The first-order chi connectivity index (χ1) is 22.7. The fourth-order valence-corrected chi connectivity index (χ4v) is 6.10. The van der Waals surface area contributed by atoms with Gasteiger partial charge >= 0.3 is 0 Å². The van der Waals surface area contributed by atoms with Crippen molar-refractivity contribution in [1.29, 1.82) is 0 Å². The lowest BCUT2D eigenvalue weighted by molar-refractivity contribution is 0.669. The molecule has 208 valence electrons. The van der Waals surface area contributed by atoms with Crippen molar-refractivity contribution in [3.63, 3.8) is 0 Å².